The number of rotatable bonds is 4. The highest BCUT2D eigenvalue weighted by molar-refractivity contribution is 6.30. The summed E-state index contributed by atoms with van der Waals surface area (Å²) in [6.07, 6.45) is 6.31. The van der Waals surface area contributed by atoms with Crippen LogP contribution < -0.4 is 0 Å². The predicted molar refractivity (Wildman–Crippen MR) is 120 cm³/mol. The SMILES string of the molecule is Clc1ccc(-c2cccc(CN3CCc4nc(C5=NCCCC5)ncc4C3)n2)cc1. The van der Waals surface area contributed by atoms with Gasteiger partial charge in [-0.15, -0.1) is 0 Å². The van der Waals surface area contributed by atoms with Gasteiger partial charge in [-0.2, -0.15) is 0 Å². The van der Waals surface area contributed by atoms with E-state index in [4.69, 9.17) is 21.6 Å². The summed E-state index contributed by atoms with van der Waals surface area (Å²) in [5, 5.41) is 0.739. The van der Waals surface area contributed by atoms with Crippen LogP contribution in [0.2, 0.25) is 5.02 Å². The van der Waals surface area contributed by atoms with Crippen molar-refractivity contribution in [1.82, 2.24) is 19.9 Å². The molecule has 2 aromatic heterocycles. The smallest absolute Gasteiger partial charge is 0.173 e. The number of hydrogen-bond acceptors (Lipinski definition) is 5. The fraction of sp³-hybridized carbons (Fsp3) is 0.333. The number of fused-ring (bicyclic) bond motifs is 1. The molecule has 0 N–H and O–H groups in total. The van der Waals surface area contributed by atoms with Gasteiger partial charge in [0.15, 0.2) is 5.82 Å². The van der Waals surface area contributed by atoms with E-state index in [0.29, 0.717) is 0 Å². The minimum Gasteiger partial charge on any atom is -0.293 e. The van der Waals surface area contributed by atoms with Crippen molar-refractivity contribution >= 4 is 17.3 Å². The van der Waals surface area contributed by atoms with Crippen LogP contribution in [0.1, 0.15) is 42.0 Å². The lowest BCUT2D eigenvalue weighted by Crippen LogP contribution is -2.31. The highest BCUT2D eigenvalue weighted by atomic mass is 35.5. The molecule has 3 aromatic rings. The lowest BCUT2D eigenvalue weighted by molar-refractivity contribution is 0.240. The molecule has 0 bridgehead atoms. The zero-order valence-corrected chi connectivity index (χ0v) is 17.6. The van der Waals surface area contributed by atoms with E-state index < -0.39 is 0 Å². The Balaban J connectivity index is 1.29. The number of halogens is 1. The summed E-state index contributed by atoms with van der Waals surface area (Å²) >= 11 is 6.01. The molecule has 30 heavy (non-hydrogen) atoms. The lowest BCUT2D eigenvalue weighted by atomic mass is 10.1. The molecule has 0 atom stereocenters. The van der Waals surface area contributed by atoms with Crippen LogP contribution in [0, 0.1) is 0 Å². The van der Waals surface area contributed by atoms with E-state index in [-0.39, 0.29) is 0 Å². The van der Waals surface area contributed by atoms with Crippen molar-refractivity contribution in [3.8, 4) is 11.3 Å². The van der Waals surface area contributed by atoms with Crippen LogP contribution in [0.5, 0.6) is 0 Å². The van der Waals surface area contributed by atoms with Gasteiger partial charge in [0, 0.05) is 54.9 Å². The Labute approximate surface area is 181 Å². The first-order valence-electron chi connectivity index (χ1n) is 10.6. The number of benzene rings is 1. The molecule has 0 fully saturated rings. The monoisotopic (exact) mass is 417 g/mol. The first kappa shape index (κ1) is 19.3. The molecule has 6 heteroatoms. The van der Waals surface area contributed by atoms with Gasteiger partial charge >= 0.3 is 0 Å². The number of pyridine rings is 1. The first-order chi connectivity index (χ1) is 14.7. The van der Waals surface area contributed by atoms with Gasteiger partial charge < -0.3 is 0 Å². The van der Waals surface area contributed by atoms with Crippen molar-refractivity contribution in [2.24, 2.45) is 4.99 Å². The van der Waals surface area contributed by atoms with Gasteiger partial charge in [0.25, 0.3) is 0 Å². The third-order valence-electron chi connectivity index (χ3n) is 5.73. The van der Waals surface area contributed by atoms with Gasteiger partial charge in [-0.05, 0) is 43.5 Å². The number of aliphatic imine (C=N–C) groups is 1. The van der Waals surface area contributed by atoms with Crippen LogP contribution in [0.4, 0.5) is 0 Å². The fourth-order valence-corrected chi connectivity index (χ4v) is 4.23. The molecule has 152 valence electrons. The topological polar surface area (TPSA) is 54.3 Å². The summed E-state index contributed by atoms with van der Waals surface area (Å²) in [5.74, 6) is 0.833. The molecule has 2 aliphatic rings. The molecule has 1 aromatic carbocycles. The second-order valence-corrected chi connectivity index (χ2v) is 8.37. The van der Waals surface area contributed by atoms with Crippen molar-refractivity contribution in [2.45, 2.75) is 38.8 Å². The normalized spacial score (nSPS) is 16.8. The van der Waals surface area contributed by atoms with E-state index in [1.807, 2.05) is 36.5 Å². The zero-order valence-electron chi connectivity index (χ0n) is 16.9. The maximum absolute atomic E-state index is 6.01. The van der Waals surface area contributed by atoms with Crippen molar-refractivity contribution in [3.05, 3.63) is 76.5 Å². The van der Waals surface area contributed by atoms with Crippen molar-refractivity contribution in [2.75, 3.05) is 13.1 Å². The average molecular weight is 418 g/mol. The van der Waals surface area contributed by atoms with Crippen molar-refractivity contribution in [3.63, 3.8) is 0 Å². The summed E-state index contributed by atoms with van der Waals surface area (Å²) in [7, 11) is 0. The fourth-order valence-electron chi connectivity index (χ4n) is 4.11. The molecule has 0 saturated carbocycles. The van der Waals surface area contributed by atoms with E-state index in [0.717, 1.165) is 72.5 Å². The summed E-state index contributed by atoms with van der Waals surface area (Å²) in [4.78, 5) is 21.4. The molecule has 0 amide bonds. The Hall–Kier alpha value is -2.63. The van der Waals surface area contributed by atoms with Gasteiger partial charge in [0.1, 0.15) is 0 Å². The van der Waals surface area contributed by atoms with Crippen LogP contribution >= 0.6 is 11.6 Å². The Bertz CT molecular complexity index is 1080. The van der Waals surface area contributed by atoms with Gasteiger partial charge in [0.05, 0.1) is 22.8 Å². The first-order valence-corrected chi connectivity index (χ1v) is 10.9. The third-order valence-corrected chi connectivity index (χ3v) is 5.98. The molecule has 4 heterocycles. The largest absolute Gasteiger partial charge is 0.293 e. The van der Waals surface area contributed by atoms with Gasteiger partial charge in [-0.3, -0.25) is 14.9 Å². The molecular weight excluding hydrogens is 394 g/mol. The van der Waals surface area contributed by atoms with Crippen LogP contribution in [0.3, 0.4) is 0 Å². The maximum Gasteiger partial charge on any atom is 0.173 e. The van der Waals surface area contributed by atoms with E-state index in [2.05, 4.69) is 27.0 Å². The summed E-state index contributed by atoms with van der Waals surface area (Å²) < 4.78 is 0. The second-order valence-electron chi connectivity index (χ2n) is 7.93. The zero-order chi connectivity index (χ0) is 20.3. The Morgan fingerprint density at radius 1 is 0.967 bits per heavy atom. The van der Waals surface area contributed by atoms with Gasteiger partial charge in [-0.25, -0.2) is 9.97 Å². The summed E-state index contributed by atoms with van der Waals surface area (Å²) in [5.41, 5.74) is 6.59. The van der Waals surface area contributed by atoms with Gasteiger partial charge in [0.2, 0.25) is 0 Å². The minimum atomic E-state index is 0.739. The quantitative estimate of drug-likeness (QED) is 0.616. The second kappa shape index (κ2) is 8.62. The van der Waals surface area contributed by atoms with E-state index in [9.17, 15) is 0 Å². The van der Waals surface area contributed by atoms with Crippen LogP contribution in [0.25, 0.3) is 11.3 Å². The third kappa shape index (κ3) is 4.27. The molecule has 0 spiro atoms. The molecule has 0 unspecified atom stereocenters. The lowest BCUT2D eigenvalue weighted by Gasteiger charge is -2.28. The van der Waals surface area contributed by atoms with Crippen LogP contribution in [-0.4, -0.2) is 38.7 Å². The van der Waals surface area contributed by atoms with Crippen LogP contribution in [-0.2, 0) is 19.5 Å². The van der Waals surface area contributed by atoms with E-state index in [1.54, 1.807) is 0 Å². The maximum atomic E-state index is 6.01. The Kier molecular flexibility index (Phi) is 5.56. The van der Waals surface area contributed by atoms with E-state index in [1.165, 1.54) is 24.1 Å². The number of hydrogen-bond donors (Lipinski definition) is 0. The molecule has 5 nitrogen and oxygen atoms in total. The molecule has 2 aliphatic heterocycles. The molecular formula is C24H24ClN5. The molecule has 0 radical (unpaired) electrons. The van der Waals surface area contributed by atoms with Crippen LogP contribution in [0.15, 0.2) is 53.7 Å². The summed E-state index contributed by atoms with van der Waals surface area (Å²) in [6, 6.07) is 14.0. The standard InChI is InChI=1S/C24H24ClN5/c25-19-9-7-17(8-10-19)21-6-3-4-20(28-21)16-30-13-11-22-18(15-30)14-27-24(29-22)23-5-1-2-12-26-23/h3-4,6-10,14H,1-2,5,11-13,15-16H2. The molecule has 5 rings (SSSR count). The molecule has 0 aliphatic carbocycles. The van der Waals surface area contributed by atoms with Crippen molar-refractivity contribution < 1.29 is 0 Å². The van der Waals surface area contributed by atoms with E-state index >= 15 is 0 Å². The predicted octanol–water partition coefficient (Wildman–Crippen LogP) is 4.72. The Morgan fingerprint density at radius 2 is 1.87 bits per heavy atom. The highest BCUT2D eigenvalue weighted by Gasteiger charge is 2.20. The minimum absolute atomic E-state index is 0.739. The molecule has 0 saturated heterocycles. The Morgan fingerprint density at radius 3 is 2.70 bits per heavy atom. The average Bonchev–Trinajstić information content (AvgIpc) is 2.80. The van der Waals surface area contributed by atoms with Crippen molar-refractivity contribution in [1.29, 1.82) is 0 Å². The summed E-state index contributed by atoms with van der Waals surface area (Å²) in [6.45, 7) is 3.55. The number of aromatic nitrogens is 3. The highest BCUT2D eigenvalue weighted by Crippen LogP contribution is 2.22. The van der Waals surface area contributed by atoms with Gasteiger partial charge in [-0.1, -0.05) is 29.8 Å². The number of nitrogens with zero attached hydrogens (tertiary/aromatic N) is 5.